The Morgan fingerprint density at radius 2 is 1.33 bits per heavy atom. The molecule has 18 heavy (non-hydrogen) atoms. The summed E-state index contributed by atoms with van der Waals surface area (Å²) in [5.41, 5.74) is 0. The summed E-state index contributed by atoms with van der Waals surface area (Å²) in [6.45, 7) is 7.85. The van der Waals surface area contributed by atoms with E-state index in [9.17, 15) is 0 Å². The van der Waals surface area contributed by atoms with E-state index in [1.54, 1.807) is 0 Å². The average Bonchev–Trinajstić information content (AvgIpc) is 2.40. The van der Waals surface area contributed by atoms with E-state index >= 15 is 0 Å². The third kappa shape index (κ3) is 6.56. The highest BCUT2D eigenvalue weighted by Gasteiger charge is 2.12. The SMILES string of the molecule is CCOCCOC1=NCN=C(OCCOCC)C1. The van der Waals surface area contributed by atoms with Gasteiger partial charge < -0.3 is 18.9 Å². The molecule has 1 aliphatic heterocycles. The second-order valence-corrected chi connectivity index (χ2v) is 3.51. The average molecular weight is 258 g/mol. The predicted octanol–water partition coefficient (Wildman–Crippen LogP) is 1.25. The van der Waals surface area contributed by atoms with Gasteiger partial charge in [0.05, 0.1) is 19.6 Å². The van der Waals surface area contributed by atoms with Crippen LogP contribution in [0.4, 0.5) is 0 Å². The van der Waals surface area contributed by atoms with E-state index in [-0.39, 0.29) is 0 Å². The van der Waals surface area contributed by atoms with E-state index in [1.165, 1.54) is 0 Å². The van der Waals surface area contributed by atoms with Crippen LogP contribution in [-0.4, -0.2) is 58.1 Å². The Balaban J connectivity index is 2.12. The van der Waals surface area contributed by atoms with Crippen LogP contribution >= 0.6 is 0 Å². The molecule has 0 saturated carbocycles. The van der Waals surface area contributed by atoms with Gasteiger partial charge in [-0.2, -0.15) is 0 Å². The molecule has 1 aliphatic rings. The van der Waals surface area contributed by atoms with Crippen LogP contribution in [0.2, 0.25) is 0 Å². The fourth-order valence-electron chi connectivity index (χ4n) is 1.35. The van der Waals surface area contributed by atoms with Gasteiger partial charge in [0, 0.05) is 13.2 Å². The van der Waals surface area contributed by atoms with Crippen LogP contribution in [0.25, 0.3) is 0 Å². The van der Waals surface area contributed by atoms with Crippen LogP contribution in [-0.2, 0) is 18.9 Å². The molecular weight excluding hydrogens is 236 g/mol. The molecule has 0 aliphatic carbocycles. The molecular formula is C12H22N2O4. The van der Waals surface area contributed by atoms with E-state index in [0.717, 1.165) is 0 Å². The summed E-state index contributed by atoms with van der Waals surface area (Å²) in [7, 11) is 0. The van der Waals surface area contributed by atoms with Gasteiger partial charge in [-0.15, -0.1) is 0 Å². The first-order chi connectivity index (χ1) is 8.86. The smallest absolute Gasteiger partial charge is 0.194 e. The number of hydrogen-bond donors (Lipinski definition) is 0. The molecule has 0 N–H and O–H groups in total. The summed E-state index contributed by atoms with van der Waals surface area (Å²) < 4.78 is 21.3. The van der Waals surface area contributed by atoms with E-state index < -0.39 is 0 Å². The zero-order valence-corrected chi connectivity index (χ0v) is 11.2. The second kappa shape index (κ2) is 9.85. The Hall–Kier alpha value is -1.14. The summed E-state index contributed by atoms with van der Waals surface area (Å²) in [6, 6.07) is 0. The van der Waals surface area contributed by atoms with Gasteiger partial charge in [-0.3, -0.25) is 0 Å². The van der Waals surface area contributed by atoms with Gasteiger partial charge in [-0.05, 0) is 13.8 Å². The fraction of sp³-hybridized carbons (Fsp3) is 0.833. The largest absolute Gasteiger partial charge is 0.478 e. The Labute approximate surface area is 108 Å². The molecule has 1 rings (SSSR count). The third-order valence-electron chi connectivity index (χ3n) is 2.20. The van der Waals surface area contributed by atoms with Crippen molar-refractivity contribution in [3.63, 3.8) is 0 Å². The maximum atomic E-state index is 5.48. The lowest BCUT2D eigenvalue weighted by Crippen LogP contribution is -2.21. The van der Waals surface area contributed by atoms with Crippen molar-refractivity contribution in [3.8, 4) is 0 Å². The molecule has 6 heteroatoms. The Kier molecular flexibility index (Phi) is 8.16. The van der Waals surface area contributed by atoms with Crippen LogP contribution in [0.3, 0.4) is 0 Å². The second-order valence-electron chi connectivity index (χ2n) is 3.51. The Morgan fingerprint density at radius 3 is 1.78 bits per heavy atom. The molecule has 0 atom stereocenters. The van der Waals surface area contributed by atoms with Crippen LogP contribution in [0.1, 0.15) is 20.3 Å². The number of rotatable bonds is 8. The first kappa shape index (κ1) is 14.9. The minimum absolute atomic E-state index is 0.369. The molecule has 0 saturated heterocycles. The van der Waals surface area contributed by atoms with Crippen molar-refractivity contribution in [1.82, 2.24) is 0 Å². The standard InChI is InChI=1S/C12H22N2O4/c1-3-15-5-7-17-11-9-12(14-10-13-11)18-8-6-16-4-2/h3-10H2,1-2H3. The number of nitrogens with zero attached hydrogens (tertiary/aromatic N) is 2. The van der Waals surface area contributed by atoms with Gasteiger partial charge >= 0.3 is 0 Å². The van der Waals surface area contributed by atoms with Gasteiger partial charge in [-0.1, -0.05) is 0 Å². The van der Waals surface area contributed by atoms with Crippen molar-refractivity contribution >= 4 is 11.8 Å². The summed E-state index contributed by atoms with van der Waals surface area (Å²) in [6.07, 6.45) is 0.512. The van der Waals surface area contributed by atoms with Gasteiger partial charge in [-0.25, -0.2) is 9.98 Å². The monoisotopic (exact) mass is 258 g/mol. The fourth-order valence-corrected chi connectivity index (χ4v) is 1.35. The summed E-state index contributed by atoms with van der Waals surface area (Å²) >= 11 is 0. The van der Waals surface area contributed by atoms with Crippen molar-refractivity contribution in [2.24, 2.45) is 9.98 Å². The third-order valence-corrected chi connectivity index (χ3v) is 2.20. The van der Waals surface area contributed by atoms with E-state index in [4.69, 9.17) is 18.9 Å². The number of aliphatic imine (C=N–C) groups is 2. The molecule has 0 radical (unpaired) electrons. The van der Waals surface area contributed by atoms with Crippen molar-refractivity contribution < 1.29 is 18.9 Å². The van der Waals surface area contributed by atoms with Crippen LogP contribution in [0.15, 0.2) is 9.98 Å². The molecule has 0 bridgehead atoms. The number of ether oxygens (including phenoxy) is 4. The molecule has 0 unspecified atom stereocenters. The van der Waals surface area contributed by atoms with Crippen molar-refractivity contribution in [3.05, 3.63) is 0 Å². The first-order valence-electron chi connectivity index (χ1n) is 6.34. The molecule has 0 spiro atoms. The van der Waals surface area contributed by atoms with Gasteiger partial charge in [0.15, 0.2) is 11.8 Å². The quantitative estimate of drug-likeness (QED) is 0.615. The van der Waals surface area contributed by atoms with Gasteiger partial charge in [0.2, 0.25) is 0 Å². The van der Waals surface area contributed by atoms with E-state index in [2.05, 4.69) is 9.98 Å². The molecule has 6 nitrogen and oxygen atoms in total. The molecule has 1 heterocycles. The highest BCUT2D eigenvalue weighted by molar-refractivity contribution is 5.98. The Bertz CT molecular complexity index is 253. The van der Waals surface area contributed by atoms with Crippen LogP contribution in [0.5, 0.6) is 0 Å². The van der Waals surface area contributed by atoms with E-state index in [1.807, 2.05) is 13.8 Å². The highest BCUT2D eigenvalue weighted by atomic mass is 16.5. The van der Waals surface area contributed by atoms with Crippen molar-refractivity contribution in [1.29, 1.82) is 0 Å². The normalized spacial score (nSPS) is 15.0. The van der Waals surface area contributed by atoms with E-state index in [0.29, 0.717) is 64.5 Å². The zero-order chi connectivity index (χ0) is 13.1. The molecule has 0 aromatic rings. The molecule has 0 aromatic heterocycles. The van der Waals surface area contributed by atoms with Crippen LogP contribution < -0.4 is 0 Å². The Morgan fingerprint density at radius 1 is 0.833 bits per heavy atom. The lowest BCUT2D eigenvalue weighted by atomic mass is 10.4. The van der Waals surface area contributed by atoms with Crippen LogP contribution in [0, 0.1) is 0 Å². The minimum Gasteiger partial charge on any atom is -0.478 e. The summed E-state index contributed by atoms with van der Waals surface area (Å²) in [5.74, 6) is 1.33. The minimum atomic E-state index is 0.369. The molecule has 0 aromatic carbocycles. The van der Waals surface area contributed by atoms with Gasteiger partial charge in [0.1, 0.15) is 19.9 Å². The lowest BCUT2D eigenvalue weighted by Gasteiger charge is -2.15. The zero-order valence-electron chi connectivity index (χ0n) is 11.2. The molecule has 104 valence electrons. The highest BCUT2D eigenvalue weighted by Crippen LogP contribution is 2.03. The maximum absolute atomic E-state index is 5.48. The summed E-state index contributed by atoms with van der Waals surface area (Å²) in [5, 5.41) is 0. The van der Waals surface area contributed by atoms with Crippen molar-refractivity contribution in [2.75, 3.05) is 46.3 Å². The molecule has 0 amide bonds. The van der Waals surface area contributed by atoms with Gasteiger partial charge in [0.25, 0.3) is 0 Å². The predicted molar refractivity (Wildman–Crippen MR) is 69.2 cm³/mol. The number of hydrogen-bond acceptors (Lipinski definition) is 6. The topological polar surface area (TPSA) is 61.6 Å². The lowest BCUT2D eigenvalue weighted by molar-refractivity contribution is 0.101. The molecule has 0 fully saturated rings. The first-order valence-corrected chi connectivity index (χ1v) is 6.34. The van der Waals surface area contributed by atoms with Crippen molar-refractivity contribution in [2.45, 2.75) is 20.3 Å². The maximum Gasteiger partial charge on any atom is 0.194 e. The summed E-state index contributed by atoms with van der Waals surface area (Å²) in [4.78, 5) is 8.32.